The van der Waals surface area contributed by atoms with E-state index in [0.29, 0.717) is 11.7 Å². The van der Waals surface area contributed by atoms with Crippen molar-refractivity contribution in [3.05, 3.63) is 24.3 Å². The predicted octanol–water partition coefficient (Wildman–Crippen LogP) is 1.13. The number of carbonyl (C=O) groups is 1. The Hall–Kier alpha value is -1.65. The summed E-state index contributed by atoms with van der Waals surface area (Å²) in [6, 6.07) is 2.63. The first-order chi connectivity index (χ1) is 7.74. The molecule has 1 aliphatic rings. The molecule has 0 unspecified atom stereocenters. The highest BCUT2D eigenvalue weighted by Crippen LogP contribution is 2.27. The van der Waals surface area contributed by atoms with Crippen LogP contribution in [0.15, 0.2) is 18.3 Å². The number of nitrogens with zero attached hydrogens (tertiary/aromatic N) is 1. The van der Waals surface area contributed by atoms with Gasteiger partial charge in [0.2, 0.25) is 5.95 Å². The summed E-state index contributed by atoms with van der Waals surface area (Å²) in [5.41, 5.74) is 0. The van der Waals surface area contributed by atoms with Crippen LogP contribution < -0.4 is 10.1 Å². The Balaban J connectivity index is 1.69. The number of amides is 1. The molecule has 1 amide bonds. The molecule has 1 aliphatic carbocycles. The second-order valence-corrected chi connectivity index (χ2v) is 3.85. The molecule has 1 N–H and O–H groups in total. The first kappa shape index (κ1) is 10.9. The zero-order chi connectivity index (χ0) is 11.4. The van der Waals surface area contributed by atoms with Gasteiger partial charge >= 0.3 is 0 Å². The van der Waals surface area contributed by atoms with Crippen LogP contribution in [0.5, 0.6) is 5.75 Å². The van der Waals surface area contributed by atoms with Gasteiger partial charge in [-0.05, 0) is 30.9 Å². The van der Waals surface area contributed by atoms with Crippen molar-refractivity contribution >= 4 is 5.91 Å². The fraction of sp³-hybridized carbons (Fsp3) is 0.455. The Labute approximate surface area is 92.8 Å². The monoisotopic (exact) mass is 224 g/mol. The number of pyridine rings is 1. The lowest BCUT2D eigenvalue weighted by Crippen LogP contribution is -2.30. The predicted molar refractivity (Wildman–Crippen MR) is 55.4 cm³/mol. The average Bonchev–Trinajstić information content (AvgIpc) is 3.09. The lowest BCUT2D eigenvalue weighted by Gasteiger charge is -2.06. The third kappa shape index (κ3) is 3.49. The summed E-state index contributed by atoms with van der Waals surface area (Å²) in [7, 11) is 0. The topological polar surface area (TPSA) is 51.2 Å². The third-order valence-electron chi connectivity index (χ3n) is 2.36. The highest BCUT2D eigenvalue weighted by Gasteiger charge is 2.21. The van der Waals surface area contributed by atoms with Crippen LogP contribution in [0, 0.1) is 11.9 Å². The molecule has 0 aromatic carbocycles. The number of halogens is 1. The summed E-state index contributed by atoms with van der Waals surface area (Å²) in [6.45, 7) is 0.671. The van der Waals surface area contributed by atoms with Gasteiger partial charge in [-0.15, -0.1) is 0 Å². The highest BCUT2D eigenvalue weighted by molar-refractivity contribution is 5.77. The SMILES string of the molecule is O=C(COc1ccc(F)nc1)NCC1CC1. The van der Waals surface area contributed by atoms with Crippen molar-refractivity contribution in [1.29, 1.82) is 0 Å². The van der Waals surface area contributed by atoms with Gasteiger partial charge in [0.25, 0.3) is 5.91 Å². The van der Waals surface area contributed by atoms with E-state index >= 15 is 0 Å². The van der Waals surface area contributed by atoms with Gasteiger partial charge in [0.1, 0.15) is 5.75 Å². The van der Waals surface area contributed by atoms with Crippen LogP contribution in [0.2, 0.25) is 0 Å². The molecule has 0 radical (unpaired) electrons. The molecule has 5 heteroatoms. The zero-order valence-corrected chi connectivity index (χ0v) is 8.78. The molecule has 0 saturated heterocycles. The van der Waals surface area contributed by atoms with Crippen LogP contribution in [0.4, 0.5) is 4.39 Å². The van der Waals surface area contributed by atoms with E-state index in [-0.39, 0.29) is 12.5 Å². The van der Waals surface area contributed by atoms with Gasteiger partial charge in [-0.25, -0.2) is 4.98 Å². The first-order valence-corrected chi connectivity index (χ1v) is 5.25. The minimum absolute atomic E-state index is 0.0555. The molecule has 1 heterocycles. The quantitative estimate of drug-likeness (QED) is 0.763. The van der Waals surface area contributed by atoms with Crippen LogP contribution in [-0.2, 0) is 4.79 Å². The Morgan fingerprint density at radius 1 is 1.56 bits per heavy atom. The molecule has 1 aromatic rings. The first-order valence-electron chi connectivity index (χ1n) is 5.25. The molecule has 1 aromatic heterocycles. The zero-order valence-electron chi connectivity index (χ0n) is 8.78. The lowest BCUT2D eigenvalue weighted by atomic mass is 10.4. The number of hydrogen-bond acceptors (Lipinski definition) is 3. The maximum atomic E-state index is 12.5. The van der Waals surface area contributed by atoms with Crippen LogP contribution in [0.25, 0.3) is 0 Å². The van der Waals surface area contributed by atoms with Gasteiger partial charge in [0, 0.05) is 6.54 Å². The summed E-state index contributed by atoms with van der Waals surface area (Å²) < 4.78 is 17.6. The highest BCUT2D eigenvalue weighted by atomic mass is 19.1. The number of carbonyl (C=O) groups excluding carboxylic acids is 1. The van der Waals surface area contributed by atoms with Crippen LogP contribution in [-0.4, -0.2) is 24.0 Å². The van der Waals surface area contributed by atoms with Crippen molar-refractivity contribution in [2.45, 2.75) is 12.8 Å². The molecule has 0 spiro atoms. The largest absolute Gasteiger partial charge is 0.482 e. The standard InChI is InChI=1S/C11H13FN2O2/c12-10-4-3-9(6-13-10)16-7-11(15)14-5-8-1-2-8/h3-4,6,8H,1-2,5,7H2,(H,14,15). The molecular weight excluding hydrogens is 211 g/mol. The summed E-state index contributed by atoms with van der Waals surface area (Å²) in [5, 5.41) is 2.77. The molecule has 2 rings (SSSR count). The normalized spacial score (nSPS) is 14.6. The van der Waals surface area contributed by atoms with E-state index in [2.05, 4.69) is 10.3 Å². The molecule has 86 valence electrons. The number of aromatic nitrogens is 1. The van der Waals surface area contributed by atoms with Gasteiger partial charge in [-0.2, -0.15) is 4.39 Å². The van der Waals surface area contributed by atoms with Crippen LogP contribution in [0.3, 0.4) is 0 Å². The molecule has 16 heavy (non-hydrogen) atoms. The van der Waals surface area contributed by atoms with E-state index in [4.69, 9.17) is 4.74 Å². The number of hydrogen-bond donors (Lipinski definition) is 1. The van der Waals surface area contributed by atoms with E-state index in [0.717, 1.165) is 6.54 Å². The summed E-state index contributed by atoms with van der Waals surface area (Å²) in [5.74, 6) is 0.321. The smallest absolute Gasteiger partial charge is 0.257 e. The van der Waals surface area contributed by atoms with Gasteiger partial charge < -0.3 is 10.1 Å². The Morgan fingerprint density at radius 3 is 3.00 bits per heavy atom. The van der Waals surface area contributed by atoms with Crippen molar-refractivity contribution in [3.63, 3.8) is 0 Å². The summed E-state index contributed by atoms with van der Waals surface area (Å²) >= 11 is 0. The second kappa shape index (κ2) is 4.92. The van der Waals surface area contributed by atoms with Crippen molar-refractivity contribution in [2.24, 2.45) is 5.92 Å². The van der Waals surface area contributed by atoms with Crippen molar-refractivity contribution in [1.82, 2.24) is 10.3 Å². The fourth-order valence-corrected chi connectivity index (χ4v) is 1.23. The molecule has 0 bridgehead atoms. The average molecular weight is 224 g/mol. The van der Waals surface area contributed by atoms with E-state index in [1.807, 2.05) is 0 Å². The molecule has 1 fully saturated rings. The Kier molecular flexibility index (Phi) is 3.34. The molecule has 0 aliphatic heterocycles. The number of ether oxygens (including phenoxy) is 1. The minimum Gasteiger partial charge on any atom is -0.482 e. The summed E-state index contributed by atoms with van der Waals surface area (Å²) in [4.78, 5) is 14.7. The molecule has 1 saturated carbocycles. The van der Waals surface area contributed by atoms with Crippen LogP contribution >= 0.6 is 0 Å². The maximum Gasteiger partial charge on any atom is 0.257 e. The number of nitrogens with one attached hydrogen (secondary N) is 1. The van der Waals surface area contributed by atoms with Gasteiger partial charge in [-0.3, -0.25) is 4.79 Å². The van der Waals surface area contributed by atoms with Crippen LogP contribution in [0.1, 0.15) is 12.8 Å². The van der Waals surface area contributed by atoms with Gasteiger partial charge in [-0.1, -0.05) is 0 Å². The van der Waals surface area contributed by atoms with Crippen molar-refractivity contribution in [2.75, 3.05) is 13.2 Å². The third-order valence-corrected chi connectivity index (χ3v) is 2.36. The fourth-order valence-electron chi connectivity index (χ4n) is 1.23. The minimum atomic E-state index is -0.564. The lowest BCUT2D eigenvalue weighted by molar-refractivity contribution is -0.123. The van der Waals surface area contributed by atoms with Crippen molar-refractivity contribution in [3.8, 4) is 5.75 Å². The maximum absolute atomic E-state index is 12.5. The van der Waals surface area contributed by atoms with Gasteiger partial charge in [0.15, 0.2) is 6.61 Å². The molecule has 4 nitrogen and oxygen atoms in total. The Morgan fingerprint density at radius 2 is 2.38 bits per heavy atom. The van der Waals surface area contributed by atoms with E-state index < -0.39 is 5.95 Å². The number of rotatable bonds is 5. The molecule has 0 atom stereocenters. The van der Waals surface area contributed by atoms with Gasteiger partial charge in [0.05, 0.1) is 6.20 Å². The van der Waals surface area contributed by atoms with E-state index in [9.17, 15) is 9.18 Å². The molecular formula is C11H13FN2O2. The summed E-state index contributed by atoms with van der Waals surface area (Å²) in [6.07, 6.45) is 3.65. The Bertz CT molecular complexity index is 363. The van der Waals surface area contributed by atoms with E-state index in [1.165, 1.54) is 31.2 Å². The van der Waals surface area contributed by atoms with Crippen molar-refractivity contribution < 1.29 is 13.9 Å². The van der Waals surface area contributed by atoms with E-state index in [1.54, 1.807) is 0 Å². The second-order valence-electron chi connectivity index (χ2n) is 3.85.